The molecule has 4 aromatic rings. The highest BCUT2D eigenvalue weighted by Gasteiger charge is 2.40. The number of nitrogens with two attached hydrogens (primary N) is 3. The molecule has 23 heteroatoms. The first-order chi connectivity index (χ1) is 31.5. The van der Waals surface area contributed by atoms with Gasteiger partial charge in [-0.05, 0) is 42.9 Å². The van der Waals surface area contributed by atoms with E-state index in [4.69, 9.17) is 17.2 Å². The van der Waals surface area contributed by atoms with Crippen LogP contribution in [0.3, 0.4) is 0 Å². The fourth-order valence-corrected chi connectivity index (χ4v) is 7.52. The summed E-state index contributed by atoms with van der Waals surface area (Å²) in [5.74, 6) is -8.60. The molecule has 1 aliphatic rings. The molecular formula is C43H54N12O11. The predicted octanol–water partition coefficient (Wildman–Crippen LogP) is -3.12. The summed E-state index contributed by atoms with van der Waals surface area (Å²) in [5.41, 5.74) is 19.3. The number of amides is 8. The highest BCUT2D eigenvalue weighted by Crippen LogP contribution is 2.23. The summed E-state index contributed by atoms with van der Waals surface area (Å²) in [7, 11) is 0. The first-order valence-corrected chi connectivity index (χ1v) is 21.1. The van der Waals surface area contributed by atoms with Gasteiger partial charge in [0.25, 0.3) is 0 Å². The lowest BCUT2D eigenvalue weighted by Crippen LogP contribution is -2.61. The number of carbonyl (C=O) groups excluding carboxylic acids is 8. The second-order valence-electron chi connectivity index (χ2n) is 15.8. The number of hydrogen-bond acceptors (Lipinski definition) is 12. The topological polar surface area (TPSA) is 380 Å². The minimum absolute atomic E-state index is 0.0330. The van der Waals surface area contributed by atoms with Gasteiger partial charge in [0.1, 0.15) is 36.3 Å². The third-order valence-electron chi connectivity index (χ3n) is 10.9. The number of aliphatic carboxylic acids is 1. The standard InChI is InChI=1S/C43H54N12O11/c44-27(15-23-7-2-1-3-8-23)37(59)51-30(17-25-20-47-22-49-25)39(61)54-33(21-56)40(62)50-29(12-13-35(45)57)38(60)52-31(16-24-19-48-28-10-5-4-9-26(24)28)42(64)55-14-6-11-34(55)41(63)53-32(43(65)66)18-36(46)58/h1-5,7-10,19-20,22,27,29-34,48,56H,6,11-18,21,44H2,(H2,45,57)(H2,46,58)(H,47,49)(H,50,62)(H,51,59)(H,52,60)(H,53,63)(H,54,61)(H,65,66)/t27-,29-,30-,31-,32-,33-,34-/m0/s1. The van der Waals surface area contributed by atoms with E-state index in [1.165, 1.54) is 17.4 Å². The van der Waals surface area contributed by atoms with Crippen molar-refractivity contribution in [3.05, 3.63) is 90.1 Å². The van der Waals surface area contributed by atoms with Crippen LogP contribution in [-0.4, -0.2) is 139 Å². The van der Waals surface area contributed by atoms with E-state index in [0.717, 1.165) is 5.56 Å². The average molecular weight is 915 g/mol. The number of fused-ring (bicyclic) bond motifs is 1. The van der Waals surface area contributed by atoms with Gasteiger partial charge in [-0.1, -0.05) is 48.5 Å². The number of carbonyl (C=O) groups is 9. The van der Waals surface area contributed by atoms with Crippen molar-refractivity contribution < 1.29 is 53.4 Å². The van der Waals surface area contributed by atoms with Gasteiger partial charge in [0.2, 0.25) is 47.3 Å². The Kier molecular flexibility index (Phi) is 17.4. The summed E-state index contributed by atoms with van der Waals surface area (Å²) in [6.07, 6.45) is 3.20. The van der Waals surface area contributed by atoms with Gasteiger partial charge in [0.05, 0.1) is 25.4 Å². The van der Waals surface area contributed by atoms with E-state index in [0.29, 0.717) is 28.6 Å². The summed E-state index contributed by atoms with van der Waals surface area (Å²) in [6.45, 7) is -0.951. The number of H-pyrrole nitrogens is 2. The molecule has 0 saturated carbocycles. The van der Waals surface area contributed by atoms with E-state index in [-0.39, 0.29) is 32.2 Å². The monoisotopic (exact) mass is 914 g/mol. The molecule has 352 valence electrons. The number of hydrogen-bond donors (Lipinski definition) is 12. The zero-order valence-corrected chi connectivity index (χ0v) is 35.7. The normalized spacial score (nSPS) is 16.2. The lowest BCUT2D eigenvalue weighted by Gasteiger charge is -2.30. The molecule has 2 aromatic heterocycles. The van der Waals surface area contributed by atoms with Crippen LogP contribution in [0.15, 0.2) is 73.3 Å². The molecule has 23 nitrogen and oxygen atoms in total. The number of benzene rings is 2. The zero-order valence-electron chi connectivity index (χ0n) is 35.7. The number of likely N-dealkylation sites (tertiary alicyclic amines) is 1. The number of nitrogens with one attached hydrogen (secondary N) is 7. The first-order valence-electron chi connectivity index (χ1n) is 21.1. The summed E-state index contributed by atoms with van der Waals surface area (Å²) in [5, 5.41) is 33.0. The van der Waals surface area contributed by atoms with E-state index in [9.17, 15) is 53.4 Å². The van der Waals surface area contributed by atoms with Crippen LogP contribution in [0.5, 0.6) is 0 Å². The third-order valence-corrected chi connectivity index (χ3v) is 10.9. The van der Waals surface area contributed by atoms with Crippen molar-refractivity contribution in [2.24, 2.45) is 17.2 Å². The van der Waals surface area contributed by atoms with Gasteiger partial charge in [-0.2, -0.15) is 0 Å². The minimum Gasteiger partial charge on any atom is -0.480 e. The Morgan fingerprint density at radius 3 is 2.06 bits per heavy atom. The molecule has 7 atom stereocenters. The number of nitrogens with zero attached hydrogens (tertiary/aromatic N) is 2. The number of imidazole rings is 1. The molecule has 0 aliphatic carbocycles. The number of carboxylic acids is 1. The molecule has 2 aromatic carbocycles. The minimum atomic E-state index is -1.71. The Hall–Kier alpha value is -7.66. The second kappa shape index (κ2) is 23.3. The maximum atomic E-state index is 14.5. The Labute approximate surface area is 377 Å². The van der Waals surface area contributed by atoms with E-state index >= 15 is 0 Å². The van der Waals surface area contributed by atoms with Crippen LogP contribution >= 0.6 is 0 Å². The van der Waals surface area contributed by atoms with Crippen molar-refractivity contribution in [2.45, 2.75) is 93.7 Å². The van der Waals surface area contributed by atoms with Crippen LogP contribution in [0, 0.1) is 0 Å². The SMILES string of the molecule is NC(=O)CC[C@H](NC(=O)[C@H](CO)NC(=O)[C@H](Cc1cnc[nH]1)NC(=O)[C@@H](N)Cc1ccccc1)C(=O)N[C@@H](Cc1c[nH]c2ccccc12)C(=O)N1CCC[C@H]1C(=O)N[C@@H](CC(N)=O)C(=O)O. The van der Waals surface area contributed by atoms with Gasteiger partial charge >= 0.3 is 5.97 Å². The average Bonchev–Trinajstić information content (AvgIpc) is 4.08. The van der Waals surface area contributed by atoms with Crippen LogP contribution in [0.25, 0.3) is 10.9 Å². The molecule has 5 rings (SSSR count). The summed E-state index contributed by atoms with van der Waals surface area (Å²) < 4.78 is 0. The van der Waals surface area contributed by atoms with Crippen molar-refractivity contribution >= 4 is 64.1 Å². The number of aliphatic hydroxyl groups is 1. The highest BCUT2D eigenvalue weighted by molar-refractivity contribution is 5.98. The van der Waals surface area contributed by atoms with Gasteiger partial charge in [-0.15, -0.1) is 0 Å². The molecule has 1 fully saturated rings. The van der Waals surface area contributed by atoms with Gasteiger partial charge in [-0.25, -0.2) is 9.78 Å². The Morgan fingerprint density at radius 1 is 0.742 bits per heavy atom. The van der Waals surface area contributed by atoms with E-state index < -0.39 is 121 Å². The lowest BCUT2D eigenvalue weighted by molar-refractivity contribution is -0.146. The molecule has 3 heterocycles. The largest absolute Gasteiger partial charge is 0.480 e. The summed E-state index contributed by atoms with van der Waals surface area (Å²) >= 11 is 0. The number of aliphatic hydroxyl groups excluding tert-OH is 1. The van der Waals surface area contributed by atoms with E-state index in [1.54, 1.807) is 60.8 Å². The van der Waals surface area contributed by atoms with Gasteiger partial charge in [0, 0.05) is 54.8 Å². The molecule has 8 amide bonds. The number of carboxylic acid groups (broad SMARTS) is 1. The number of aromatic nitrogens is 3. The van der Waals surface area contributed by atoms with Crippen molar-refractivity contribution in [3.63, 3.8) is 0 Å². The van der Waals surface area contributed by atoms with Gasteiger partial charge < -0.3 is 68.9 Å². The molecule has 0 spiro atoms. The predicted molar refractivity (Wildman–Crippen MR) is 234 cm³/mol. The maximum absolute atomic E-state index is 14.5. The van der Waals surface area contributed by atoms with Crippen molar-refractivity contribution in [2.75, 3.05) is 13.2 Å². The van der Waals surface area contributed by atoms with E-state index in [2.05, 4.69) is 41.5 Å². The lowest BCUT2D eigenvalue weighted by atomic mass is 10.0. The van der Waals surface area contributed by atoms with Crippen molar-refractivity contribution in [3.8, 4) is 0 Å². The zero-order chi connectivity index (χ0) is 47.9. The van der Waals surface area contributed by atoms with Crippen LogP contribution in [0.1, 0.15) is 48.9 Å². The van der Waals surface area contributed by atoms with Crippen LogP contribution in [0.2, 0.25) is 0 Å². The van der Waals surface area contributed by atoms with E-state index in [1.807, 2.05) is 0 Å². The number of para-hydroxylation sites is 1. The summed E-state index contributed by atoms with van der Waals surface area (Å²) in [6, 6.07) is 6.07. The Bertz CT molecular complexity index is 2370. The molecular weight excluding hydrogens is 861 g/mol. The molecule has 1 saturated heterocycles. The Morgan fingerprint density at radius 2 is 1.39 bits per heavy atom. The second-order valence-corrected chi connectivity index (χ2v) is 15.8. The molecule has 0 unspecified atom stereocenters. The molecule has 0 bridgehead atoms. The van der Waals surface area contributed by atoms with Crippen LogP contribution < -0.4 is 43.8 Å². The van der Waals surface area contributed by atoms with Crippen LogP contribution in [0.4, 0.5) is 0 Å². The smallest absolute Gasteiger partial charge is 0.326 e. The quantitative estimate of drug-likeness (QED) is 0.0332. The fourth-order valence-electron chi connectivity index (χ4n) is 7.52. The third kappa shape index (κ3) is 13.7. The van der Waals surface area contributed by atoms with Crippen LogP contribution in [-0.2, 0) is 62.4 Å². The molecule has 66 heavy (non-hydrogen) atoms. The molecule has 0 radical (unpaired) electrons. The Balaban J connectivity index is 1.35. The van der Waals surface area contributed by atoms with Crippen molar-refractivity contribution in [1.29, 1.82) is 0 Å². The van der Waals surface area contributed by atoms with Gasteiger partial charge in [0.15, 0.2) is 0 Å². The van der Waals surface area contributed by atoms with Gasteiger partial charge in [-0.3, -0.25) is 38.4 Å². The molecule has 1 aliphatic heterocycles. The first kappa shape index (κ1) is 49.4. The number of aromatic amines is 2. The fraction of sp³-hybridized carbons (Fsp3) is 0.395. The summed E-state index contributed by atoms with van der Waals surface area (Å²) in [4.78, 5) is 129. The highest BCUT2D eigenvalue weighted by atomic mass is 16.4. The molecule has 15 N–H and O–H groups in total. The number of rotatable bonds is 24. The number of primary amides is 2. The maximum Gasteiger partial charge on any atom is 0.326 e. The van der Waals surface area contributed by atoms with Crippen molar-refractivity contribution in [1.82, 2.24) is 46.4 Å².